The molecule has 1 N–H and O–H groups in total. The van der Waals surface area contributed by atoms with Gasteiger partial charge in [-0.1, -0.05) is 0 Å². The summed E-state index contributed by atoms with van der Waals surface area (Å²) < 4.78 is 0. The third kappa shape index (κ3) is 1.59. The second-order valence-electron chi connectivity index (χ2n) is 10.8. The van der Waals surface area contributed by atoms with Crippen LogP contribution in [-0.4, -0.2) is 11.1 Å². The molecule has 2 nitrogen and oxygen atoms in total. The highest BCUT2D eigenvalue weighted by atomic mass is 16.4. The lowest BCUT2D eigenvalue weighted by Crippen LogP contribution is -2.65. The van der Waals surface area contributed by atoms with Crippen LogP contribution in [-0.2, 0) is 4.79 Å². The molecule has 8 saturated carbocycles. The molecule has 8 fully saturated rings. The zero-order chi connectivity index (χ0) is 15.4. The Hall–Kier alpha value is -0.530. The van der Waals surface area contributed by atoms with Crippen LogP contribution in [0.5, 0.6) is 0 Å². The van der Waals surface area contributed by atoms with Crippen LogP contribution in [0.1, 0.15) is 70.6 Å². The number of hydrogen-bond donors (Lipinski definition) is 1. The van der Waals surface area contributed by atoms with E-state index < -0.39 is 5.97 Å². The molecule has 0 heterocycles. The summed E-state index contributed by atoms with van der Waals surface area (Å²) in [7, 11) is 0. The Morgan fingerprint density at radius 3 is 1.57 bits per heavy atom. The van der Waals surface area contributed by atoms with Crippen molar-refractivity contribution in [2.75, 3.05) is 0 Å². The molecule has 126 valence electrons. The standard InChI is InChI=1S/C21H30O2/c22-19(23)18-17-5-15-4-16(6-17)11-21(18,10-15)20-7-12-1-13(8-20)3-14(2-12)9-20/h12-18H,1-11H2,(H,22,23). The van der Waals surface area contributed by atoms with Crippen molar-refractivity contribution in [3.63, 3.8) is 0 Å². The minimum absolute atomic E-state index is 0.00606. The normalized spacial score (nSPS) is 62.0. The van der Waals surface area contributed by atoms with Gasteiger partial charge in [-0.3, -0.25) is 4.79 Å². The Labute approximate surface area is 139 Å². The first kappa shape index (κ1) is 13.7. The van der Waals surface area contributed by atoms with Crippen LogP contribution in [0.2, 0.25) is 0 Å². The van der Waals surface area contributed by atoms with E-state index in [4.69, 9.17) is 0 Å². The maximum Gasteiger partial charge on any atom is 0.307 e. The van der Waals surface area contributed by atoms with Gasteiger partial charge in [0.2, 0.25) is 0 Å². The Morgan fingerprint density at radius 1 is 0.696 bits per heavy atom. The largest absolute Gasteiger partial charge is 0.481 e. The molecule has 0 amide bonds. The molecule has 0 radical (unpaired) electrons. The highest BCUT2D eigenvalue weighted by molar-refractivity contribution is 5.72. The number of hydrogen-bond acceptors (Lipinski definition) is 1. The van der Waals surface area contributed by atoms with Crippen LogP contribution < -0.4 is 0 Å². The summed E-state index contributed by atoms with van der Waals surface area (Å²) in [6, 6.07) is 0. The van der Waals surface area contributed by atoms with E-state index in [9.17, 15) is 9.90 Å². The predicted octanol–water partition coefficient (Wildman–Crippen LogP) is 4.73. The van der Waals surface area contributed by atoms with E-state index in [1.165, 1.54) is 70.6 Å². The van der Waals surface area contributed by atoms with Gasteiger partial charge < -0.3 is 5.11 Å². The van der Waals surface area contributed by atoms with Crippen LogP contribution in [0.4, 0.5) is 0 Å². The molecule has 0 aromatic heterocycles. The molecule has 0 aliphatic heterocycles. The summed E-state index contributed by atoms with van der Waals surface area (Å²) in [6.45, 7) is 0. The molecule has 0 spiro atoms. The predicted molar refractivity (Wildman–Crippen MR) is 87.7 cm³/mol. The first-order valence-electron chi connectivity index (χ1n) is 10.3. The van der Waals surface area contributed by atoms with E-state index in [1.807, 2.05) is 0 Å². The van der Waals surface area contributed by atoms with Gasteiger partial charge in [0, 0.05) is 0 Å². The first-order valence-corrected chi connectivity index (χ1v) is 10.3. The summed E-state index contributed by atoms with van der Waals surface area (Å²) in [4.78, 5) is 12.4. The van der Waals surface area contributed by atoms with E-state index in [0.717, 1.165) is 29.6 Å². The van der Waals surface area contributed by atoms with Crippen LogP contribution in [0, 0.1) is 52.3 Å². The van der Waals surface area contributed by atoms with Crippen molar-refractivity contribution in [1.29, 1.82) is 0 Å². The molecule has 8 aliphatic rings. The summed E-state index contributed by atoms with van der Waals surface area (Å²) in [5.74, 6) is 4.69. The van der Waals surface area contributed by atoms with Gasteiger partial charge in [0.15, 0.2) is 0 Å². The van der Waals surface area contributed by atoms with Crippen LogP contribution in [0.3, 0.4) is 0 Å². The Bertz CT molecular complexity index is 515. The number of carbonyl (C=O) groups is 1. The van der Waals surface area contributed by atoms with E-state index in [0.29, 0.717) is 11.3 Å². The quantitative estimate of drug-likeness (QED) is 0.800. The molecule has 8 bridgehead atoms. The minimum Gasteiger partial charge on any atom is -0.481 e. The topological polar surface area (TPSA) is 37.3 Å². The lowest BCUT2D eigenvalue weighted by Gasteiger charge is -2.71. The van der Waals surface area contributed by atoms with Crippen molar-refractivity contribution < 1.29 is 9.90 Å². The zero-order valence-corrected chi connectivity index (χ0v) is 14.2. The van der Waals surface area contributed by atoms with E-state index in [2.05, 4.69) is 0 Å². The molecule has 0 saturated heterocycles. The van der Waals surface area contributed by atoms with Crippen molar-refractivity contribution in [2.24, 2.45) is 52.3 Å². The second-order valence-corrected chi connectivity index (χ2v) is 10.8. The molecule has 8 aliphatic carbocycles. The lowest BCUT2D eigenvalue weighted by atomic mass is 9.32. The van der Waals surface area contributed by atoms with Crippen LogP contribution in [0.15, 0.2) is 0 Å². The van der Waals surface area contributed by atoms with Gasteiger partial charge in [-0.25, -0.2) is 0 Å². The molecule has 3 atom stereocenters. The second kappa shape index (κ2) is 4.17. The Kier molecular flexibility index (Phi) is 2.49. The fourth-order valence-electron chi connectivity index (χ4n) is 9.96. The van der Waals surface area contributed by atoms with Crippen molar-refractivity contribution in [3.05, 3.63) is 0 Å². The van der Waals surface area contributed by atoms with Crippen LogP contribution >= 0.6 is 0 Å². The Morgan fingerprint density at radius 2 is 1.13 bits per heavy atom. The summed E-state index contributed by atoms with van der Waals surface area (Å²) in [5, 5.41) is 10.2. The summed E-state index contributed by atoms with van der Waals surface area (Å²) in [6.07, 6.45) is 15.1. The number of rotatable bonds is 2. The summed E-state index contributed by atoms with van der Waals surface area (Å²) >= 11 is 0. The van der Waals surface area contributed by atoms with Crippen LogP contribution in [0.25, 0.3) is 0 Å². The maximum atomic E-state index is 12.4. The third-order valence-electron chi connectivity index (χ3n) is 9.67. The maximum absolute atomic E-state index is 12.4. The highest BCUT2D eigenvalue weighted by Gasteiger charge is 2.69. The van der Waals surface area contributed by atoms with E-state index >= 15 is 0 Å². The minimum atomic E-state index is -0.426. The fraction of sp³-hybridized carbons (Fsp3) is 0.952. The van der Waals surface area contributed by atoms with Crippen molar-refractivity contribution in [1.82, 2.24) is 0 Å². The van der Waals surface area contributed by atoms with Gasteiger partial charge in [-0.2, -0.15) is 0 Å². The first-order chi connectivity index (χ1) is 11.1. The number of carboxylic acid groups (broad SMARTS) is 1. The van der Waals surface area contributed by atoms with Gasteiger partial charge in [-0.15, -0.1) is 0 Å². The van der Waals surface area contributed by atoms with E-state index in [1.54, 1.807) is 0 Å². The molecule has 23 heavy (non-hydrogen) atoms. The monoisotopic (exact) mass is 314 g/mol. The van der Waals surface area contributed by atoms with Gasteiger partial charge >= 0.3 is 5.97 Å². The lowest BCUT2D eigenvalue weighted by molar-refractivity contribution is -0.235. The number of aliphatic carboxylic acids is 1. The van der Waals surface area contributed by atoms with Gasteiger partial charge in [0.25, 0.3) is 0 Å². The molecular weight excluding hydrogens is 284 g/mol. The molecule has 0 aromatic carbocycles. The zero-order valence-electron chi connectivity index (χ0n) is 14.2. The van der Waals surface area contributed by atoms with Gasteiger partial charge in [0.05, 0.1) is 5.92 Å². The van der Waals surface area contributed by atoms with Crippen molar-refractivity contribution in [2.45, 2.75) is 70.6 Å². The Balaban J connectivity index is 1.49. The molecule has 2 heteroatoms. The molecule has 3 unspecified atom stereocenters. The smallest absolute Gasteiger partial charge is 0.307 e. The van der Waals surface area contributed by atoms with Gasteiger partial charge in [0.1, 0.15) is 0 Å². The average Bonchev–Trinajstić information content (AvgIpc) is 2.43. The highest BCUT2D eigenvalue weighted by Crippen LogP contribution is 2.76. The van der Waals surface area contributed by atoms with E-state index in [-0.39, 0.29) is 11.3 Å². The molecule has 0 aromatic rings. The van der Waals surface area contributed by atoms with Crippen molar-refractivity contribution in [3.8, 4) is 0 Å². The molecule has 8 rings (SSSR count). The number of carboxylic acids is 1. The average molecular weight is 314 g/mol. The SMILES string of the molecule is O=C(O)C1C2CC3CC(C2)CC1(C12CC4CC(CC(C4)C1)C2)C3. The van der Waals surface area contributed by atoms with Gasteiger partial charge in [-0.05, 0) is 117 Å². The van der Waals surface area contributed by atoms with Crippen molar-refractivity contribution >= 4 is 5.97 Å². The third-order valence-corrected chi connectivity index (χ3v) is 9.67. The molecular formula is C21H30O2. The summed E-state index contributed by atoms with van der Waals surface area (Å²) in [5.41, 5.74) is 0.629. The fourth-order valence-corrected chi connectivity index (χ4v) is 9.96.